The molecular formula is C14H17BrN4O3. The van der Waals surface area contributed by atoms with Gasteiger partial charge < -0.3 is 14.1 Å². The van der Waals surface area contributed by atoms with Gasteiger partial charge in [-0.1, -0.05) is 0 Å². The molecule has 1 aliphatic heterocycles. The Kier molecular flexibility index (Phi) is 3.72. The molecule has 0 aromatic carbocycles. The lowest BCUT2D eigenvalue weighted by Crippen LogP contribution is -2.41. The number of rotatable bonds is 1. The number of carbonyl (C=O) groups excluding carboxylic acids is 1. The van der Waals surface area contributed by atoms with E-state index in [1.165, 1.54) is 6.26 Å². The molecular weight excluding hydrogens is 352 g/mol. The standard InChI is InChI=1S/C14H17BrN4O3/c1-14(2,3)22-13(20)18-5-6-19-9(8-18)10(15)11(17-19)12-16-4-7-21-12/h4,7H,5-6,8H2,1-3H3. The molecule has 0 saturated heterocycles. The third-order valence-electron chi connectivity index (χ3n) is 3.20. The monoisotopic (exact) mass is 368 g/mol. The average Bonchev–Trinajstić information content (AvgIpc) is 3.05. The van der Waals surface area contributed by atoms with Crippen molar-refractivity contribution in [3.8, 4) is 11.6 Å². The summed E-state index contributed by atoms with van der Waals surface area (Å²) in [5, 5.41) is 4.50. The van der Waals surface area contributed by atoms with E-state index in [9.17, 15) is 4.79 Å². The van der Waals surface area contributed by atoms with Crippen molar-refractivity contribution in [3.05, 3.63) is 22.6 Å². The number of oxazole rings is 1. The summed E-state index contributed by atoms with van der Waals surface area (Å²) in [4.78, 5) is 18.0. The lowest BCUT2D eigenvalue weighted by Gasteiger charge is -2.30. The Balaban J connectivity index is 1.83. The SMILES string of the molecule is CC(C)(C)OC(=O)N1CCn2nc(-c3ncco3)c(Br)c2C1. The molecule has 2 aromatic rings. The van der Waals surface area contributed by atoms with E-state index in [0.29, 0.717) is 31.2 Å². The number of aromatic nitrogens is 3. The van der Waals surface area contributed by atoms with Crippen LogP contribution in [0.5, 0.6) is 0 Å². The number of hydrogen-bond acceptors (Lipinski definition) is 5. The van der Waals surface area contributed by atoms with Crippen LogP contribution >= 0.6 is 15.9 Å². The minimum absolute atomic E-state index is 0.315. The normalized spacial score (nSPS) is 14.8. The van der Waals surface area contributed by atoms with Gasteiger partial charge in [-0.2, -0.15) is 5.10 Å². The van der Waals surface area contributed by atoms with Crippen LogP contribution in [-0.4, -0.2) is 37.9 Å². The Morgan fingerprint density at radius 3 is 2.82 bits per heavy atom. The Morgan fingerprint density at radius 2 is 2.18 bits per heavy atom. The first-order valence-electron chi connectivity index (χ1n) is 6.98. The maximum Gasteiger partial charge on any atom is 0.410 e. The fourth-order valence-corrected chi connectivity index (χ4v) is 2.82. The molecule has 0 radical (unpaired) electrons. The van der Waals surface area contributed by atoms with Gasteiger partial charge in [-0.25, -0.2) is 9.78 Å². The molecule has 0 fully saturated rings. The Hall–Kier alpha value is -1.83. The van der Waals surface area contributed by atoms with Crippen LogP contribution < -0.4 is 0 Å². The van der Waals surface area contributed by atoms with Crippen LogP contribution in [0, 0.1) is 0 Å². The number of ether oxygens (including phenoxy) is 1. The number of halogens is 1. The molecule has 0 saturated carbocycles. The van der Waals surface area contributed by atoms with E-state index in [-0.39, 0.29) is 6.09 Å². The molecule has 1 aliphatic rings. The first kappa shape index (κ1) is 15.1. The van der Waals surface area contributed by atoms with Crippen molar-refractivity contribution in [3.63, 3.8) is 0 Å². The second-order valence-electron chi connectivity index (χ2n) is 6.07. The molecule has 22 heavy (non-hydrogen) atoms. The van der Waals surface area contributed by atoms with E-state index < -0.39 is 5.60 Å². The molecule has 0 bridgehead atoms. The van der Waals surface area contributed by atoms with Crippen molar-refractivity contribution in [1.82, 2.24) is 19.7 Å². The summed E-state index contributed by atoms with van der Waals surface area (Å²) < 4.78 is 13.4. The molecule has 0 spiro atoms. The molecule has 0 atom stereocenters. The maximum absolute atomic E-state index is 12.2. The number of amides is 1. The largest absolute Gasteiger partial charge is 0.444 e. The fourth-order valence-electron chi connectivity index (χ4n) is 2.25. The van der Waals surface area contributed by atoms with Gasteiger partial charge in [0.2, 0.25) is 5.89 Å². The third-order valence-corrected chi connectivity index (χ3v) is 4.04. The van der Waals surface area contributed by atoms with E-state index in [2.05, 4.69) is 26.0 Å². The van der Waals surface area contributed by atoms with Crippen molar-refractivity contribution in [2.45, 2.75) is 39.5 Å². The summed E-state index contributed by atoms with van der Waals surface area (Å²) in [5.41, 5.74) is 1.05. The van der Waals surface area contributed by atoms with Crippen molar-refractivity contribution in [2.75, 3.05) is 6.54 Å². The molecule has 8 heteroatoms. The van der Waals surface area contributed by atoms with Gasteiger partial charge in [0.15, 0.2) is 5.69 Å². The molecule has 118 valence electrons. The minimum Gasteiger partial charge on any atom is -0.444 e. The van der Waals surface area contributed by atoms with Crippen LogP contribution in [0.4, 0.5) is 4.79 Å². The van der Waals surface area contributed by atoms with Gasteiger partial charge in [0.05, 0.1) is 29.5 Å². The maximum atomic E-state index is 12.2. The van der Waals surface area contributed by atoms with Gasteiger partial charge >= 0.3 is 6.09 Å². The van der Waals surface area contributed by atoms with Crippen LogP contribution in [0.15, 0.2) is 21.3 Å². The van der Waals surface area contributed by atoms with E-state index >= 15 is 0 Å². The third kappa shape index (κ3) is 2.87. The summed E-state index contributed by atoms with van der Waals surface area (Å²) in [6.07, 6.45) is 2.77. The lowest BCUT2D eigenvalue weighted by molar-refractivity contribution is 0.0194. The smallest absolute Gasteiger partial charge is 0.410 e. The van der Waals surface area contributed by atoms with Gasteiger partial charge in [-0.05, 0) is 36.7 Å². The zero-order chi connectivity index (χ0) is 15.9. The van der Waals surface area contributed by atoms with Gasteiger partial charge in [-0.3, -0.25) is 4.68 Å². The molecule has 3 rings (SSSR count). The zero-order valence-electron chi connectivity index (χ0n) is 12.7. The summed E-state index contributed by atoms with van der Waals surface area (Å²) in [7, 11) is 0. The second-order valence-corrected chi connectivity index (χ2v) is 6.86. The van der Waals surface area contributed by atoms with Gasteiger partial charge in [0.1, 0.15) is 11.9 Å². The molecule has 3 heterocycles. The Labute approximate surface area is 136 Å². The minimum atomic E-state index is -0.505. The van der Waals surface area contributed by atoms with Crippen molar-refractivity contribution in [1.29, 1.82) is 0 Å². The molecule has 7 nitrogen and oxygen atoms in total. The van der Waals surface area contributed by atoms with Crippen LogP contribution in [-0.2, 0) is 17.8 Å². The number of carbonyl (C=O) groups is 1. The predicted octanol–water partition coefficient (Wildman–Crippen LogP) is 3.05. The summed E-state index contributed by atoms with van der Waals surface area (Å²) in [6.45, 7) is 7.17. The summed E-state index contributed by atoms with van der Waals surface area (Å²) >= 11 is 3.53. The number of fused-ring (bicyclic) bond motifs is 1. The second kappa shape index (κ2) is 5.42. The molecule has 0 N–H and O–H groups in total. The Bertz CT molecular complexity index is 688. The number of nitrogens with zero attached hydrogens (tertiary/aromatic N) is 4. The van der Waals surface area contributed by atoms with Gasteiger partial charge in [0.25, 0.3) is 0 Å². The first-order valence-corrected chi connectivity index (χ1v) is 7.77. The average molecular weight is 369 g/mol. The highest BCUT2D eigenvalue weighted by Crippen LogP contribution is 2.32. The Morgan fingerprint density at radius 1 is 1.41 bits per heavy atom. The molecule has 0 unspecified atom stereocenters. The zero-order valence-corrected chi connectivity index (χ0v) is 14.3. The molecule has 1 amide bonds. The van der Waals surface area contributed by atoms with E-state index in [1.54, 1.807) is 11.1 Å². The molecule has 2 aromatic heterocycles. The molecule has 0 aliphatic carbocycles. The highest BCUT2D eigenvalue weighted by atomic mass is 79.9. The van der Waals surface area contributed by atoms with Gasteiger partial charge in [0, 0.05) is 6.54 Å². The lowest BCUT2D eigenvalue weighted by atomic mass is 10.2. The predicted molar refractivity (Wildman–Crippen MR) is 82.1 cm³/mol. The van der Waals surface area contributed by atoms with Crippen molar-refractivity contribution in [2.24, 2.45) is 0 Å². The van der Waals surface area contributed by atoms with E-state index in [0.717, 1.165) is 10.2 Å². The van der Waals surface area contributed by atoms with Crippen LogP contribution in [0.3, 0.4) is 0 Å². The summed E-state index contributed by atoms with van der Waals surface area (Å²) in [6, 6.07) is 0. The van der Waals surface area contributed by atoms with Crippen molar-refractivity contribution < 1.29 is 13.9 Å². The first-order chi connectivity index (χ1) is 10.3. The van der Waals surface area contributed by atoms with Crippen LogP contribution in [0.25, 0.3) is 11.6 Å². The van der Waals surface area contributed by atoms with E-state index in [1.807, 2.05) is 25.5 Å². The van der Waals surface area contributed by atoms with Gasteiger partial charge in [-0.15, -0.1) is 0 Å². The van der Waals surface area contributed by atoms with E-state index in [4.69, 9.17) is 9.15 Å². The van der Waals surface area contributed by atoms with Crippen LogP contribution in [0.1, 0.15) is 26.5 Å². The highest BCUT2D eigenvalue weighted by Gasteiger charge is 2.29. The number of hydrogen-bond donors (Lipinski definition) is 0. The summed E-state index contributed by atoms with van der Waals surface area (Å²) in [5.74, 6) is 0.456. The quantitative estimate of drug-likeness (QED) is 0.773. The van der Waals surface area contributed by atoms with Crippen LogP contribution in [0.2, 0.25) is 0 Å². The van der Waals surface area contributed by atoms with Crippen molar-refractivity contribution >= 4 is 22.0 Å². The highest BCUT2D eigenvalue weighted by molar-refractivity contribution is 9.10. The topological polar surface area (TPSA) is 73.4 Å². The fraction of sp³-hybridized carbons (Fsp3) is 0.500.